The molecule has 2 saturated heterocycles. The molecule has 21 heavy (non-hydrogen) atoms. The summed E-state index contributed by atoms with van der Waals surface area (Å²) in [5.74, 6) is -0.865. The molecule has 0 aromatic heterocycles. The van der Waals surface area contributed by atoms with E-state index in [0.717, 1.165) is 25.9 Å². The Morgan fingerprint density at radius 2 is 2.00 bits per heavy atom. The van der Waals surface area contributed by atoms with Crippen LogP contribution in [0.15, 0.2) is 0 Å². The summed E-state index contributed by atoms with van der Waals surface area (Å²) in [6.45, 7) is 7.38. The van der Waals surface area contributed by atoms with Crippen LogP contribution in [0.4, 0.5) is 4.79 Å². The Bertz CT molecular complexity index is 402. The molecule has 6 nitrogen and oxygen atoms in total. The van der Waals surface area contributed by atoms with E-state index in [1.807, 2.05) is 6.92 Å². The highest BCUT2D eigenvalue weighted by molar-refractivity contribution is 5.83. The van der Waals surface area contributed by atoms with Crippen molar-refractivity contribution in [3.8, 4) is 0 Å². The fourth-order valence-electron chi connectivity index (χ4n) is 3.67. The van der Waals surface area contributed by atoms with E-state index in [9.17, 15) is 14.7 Å². The number of hydrogen-bond acceptors (Lipinski definition) is 3. The molecular weight excluding hydrogens is 270 g/mol. The Labute approximate surface area is 126 Å². The monoisotopic (exact) mass is 297 g/mol. The van der Waals surface area contributed by atoms with Gasteiger partial charge in [0.05, 0.1) is 0 Å². The van der Waals surface area contributed by atoms with Crippen molar-refractivity contribution in [3.63, 3.8) is 0 Å². The van der Waals surface area contributed by atoms with E-state index in [4.69, 9.17) is 0 Å². The molecule has 2 aliphatic rings. The van der Waals surface area contributed by atoms with Gasteiger partial charge in [-0.05, 0) is 38.3 Å². The minimum absolute atomic E-state index is 0.0264. The summed E-state index contributed by atoms with van der Waals surface area (Å²) in [7, 11) is 1.79. The summed E-state index contributed by atoms with van der Waals surface area (Å²) in [5.41, 5.74) is 0. The van der Waals surface area contributed by atoms with Crippen molar-refractivity contribution in [1.29, 1.82) is 0 Å². The Hall–Kier alpha value is -1.30. The molecule has 0 aromatic rings. The summed E-state index contributed by atoms with van der Waals surface area (Å²) in [4.78, 5) is 29.6. The quantitative estimate of drug-likeness (QED) is 0.850. The summed E-state index contributed by atoms with van der Waals surface area (Å²) in [5, 5.41) is 9.33. The number of likely N-dealkylation sites (tertiary alicyclic amines) is 2. The molecule has 2 amide bonds. The minimum Gasteiger partial charge on any atom is -0.480 e. The number of rotatable bonds is 4. The zero-order valence-electron chi connectivity index (χ0n) is 13.3. The first-order valence-corrected chi connectivity index (χ1v) is 7.94. The SMILES string of the molecule is CCN1CCCC1CN(C)C(=O)N1CCC(C)C1C(=O)O. The summed E-state index contributed by atoms with van der Waals surface area (Å²) in [6, 6.07) is -0.409. The molecule has 120 valence electrons. The number of urea groups is 1. The largest absolute Gasteiger partial charge is 0.480 e. The molecule has 0 bridgehead atoms. The molecule has 0 spiro atoms. The number of aliphatic carboxylic acids is 1. The number of carbonyl (C=O) groups is 2. The smallest absolute Gasteiger partial charge is 0.326 e. The van der Waals surface area contributed by atoms with Gasteiger partial charge in [-0.15, -0.1) is 0 Å². The van der Waals surface area contributed by atoms with Gasteiger partial charge in [-0.25, -0.2) is 9.59 Å². The van der Waals surface area contributed by atoms with Gasteiger partial charge in [-0.1, -0.05) is 13.8 Å². The van der Waals surface area contributed by atoms with Gasteiger partial charge in [0.25, 0.3) is 0 Å². The Balaban J connectivity index is 1.97. The van der Waals surface area contributed by atoms with E-state index in [0.29, 0.717) is 19.1 Å². The summed E-state index contributed by atoms with van der Waals surface area (Å²) < 4.78 is 0. The molecule has 2 aliphatic heterocycles. The van der Waals surface area contributed by atoms with Crippen LogP contribution >= 0.6 is 0 Å². The first-order chi connectivity index (χ1) is 9.95. The molecule has 0 saturated carbocycles. The molecule has 6 heteroatoms. The molecule has 2 rings (SSSR count). The number of nitrogens with zero attached hydrogens (tertiary/aromatic N) is 3. The lowest BCUT2D eigenvalue weighted by Crippen LogP contribution is -2.50. The second kappa shape index (κ2) is 6.64. The van der Waals surface area contributed by atoms with Crippen LogP contribution in [0.1, 0.15) is 33.1 Å². The second-order valence-corrected chi connectivity index (χ2v) is 6.33. The lowest BCUT2D eigenvalue weighted by Gasteiger charge is -2.32. The molecule has 2 fully saturated rings. The highest BCUT2D eigenvalue weighted by atomic mass is 16.4. The van der Waals surface area contributed by atoms with Crippen LogP contribution < -0.4 is 0 Å². The van der Waals surface area contributed by atoms with E-state index >= 15 is 0 Å². The van der Waals surface area contributed by atoms with E-state index in [-0.39, 0.29) is 11.9 Å². The average molecular weight is 297 g/mol. The number of carboxylic acid groups (broad SMARTS) is 1. The molecular formula is C15H27N3O3. The predicted molar refractivity (Wildman–Crippen MR) is 80.2 cm³/mol. The lowest BCUT2D eigenvalue weighted by molar-refractivity contribution is -0.142. The highest BCUT2D eigenvalue weighted by Crippen LogP contribution is 2.26. The van der Waals surface area contributed by atoms with Crippen LogP contribution in [0, 0.1) is 5.92 Å². The fraction of sp³-hybridized carbons (Fsp3) is 0.867. The third-order valence-electron chi connectivity index (χ3n) is 4.92. The van der Waals surface area contributed by atoms with Crippen molar-refractivity contribution in [2.24, 2.45) is 5.92 Å². The number of amides is 2. The predicted octanol–water partition coefficient (Wildman–Crippen LogP) is 1.32. The maximum Gasteiger partial charge on any atom is 0.326 e. The van der Waals surface area contributed by atoms with E-state index in [2.05, 4.69) is 11.8 Å². The van der Waals surface area contributed by atoms with Gasteiger partial charge >= 0.3 is 12.0 Å². The fourth-order valence-corrected chi connectivity index (χ4v) is 3.67. The van der Waals surface area contributed by atoms with Gasteiger partial charge in [-0.2, -0.15) is 0 Å². The number of carbonyl (C=O) groups excluding carboxylic acids is 1. The third-order valence-corrected chi connectivity index (χ3v) is 4.92. The molecule has 0 aliphatic carbocycles. The Morgan fingerprint density at radius 1 is 1.29 bits per heavy atom. The highest BCUT2D eigenvalue weighted by Gasteiger charge is 2.41. The van der Waals surface area contributed by atoms with Gasteiger partial charge < -0.3 is 14.9 Å². The Morgan fingerprint density at radius 3 is 2.62 bits per heavy atom. The van der Waals surface area contributed by atoms with E-state index in [1.54, 1.807) is 11.9 Å². The Kier molecular flexibility index (Phi) is 5.08. The maximum atomic E-state index is 12.6. The molecule has 1 N–H and O–H groups in total. The lowest BCUT2D eigenvalue weighted by atomic mass is 10.0. The van der Waals surface area contributed by atoms with E-state index < -0.39 is 12.0 Å². The third kappa shape index (κ3) is 3.31. The maximum absolute atomic E-state index is 12.6. The standard InChI is InChI=1S/C15H27N3O3/c1-4-17-8-5-6-12(17)10-16(3)15(21)18-9-7-11(2)13(18)14(19)20/h11-13H,4-10H2,1-3H3,(H,19,20). The van der Waals surface area contributed by atoms with E-state index in [1.165, 1.54) is 11.3 Å². The van der Waals surface area contributed by atoms with Crippen LogP contribution in [0.3, 0.4) is 0 Å². The number of hydrogen-bond donors (Lipinski definition) is 1. The molecule has 2 heterocycles. The van der Waals surface area contributed by atoms with Crippen molar-refractivity contribution in [2.75, 3.05) is 33.2 Å². The summed E-state index contributed by atoms with van der Waals surface area (Å²) >= 11 is 0. The molecule has 3 atom stereocenters. The molecule has 0 radical (unpaired) electrons. The van der Waals surface area contributed by atoms with Crippen molar-refractivity contribution >= 4 is 12.0 Å². The second-order valence-electron chi connectivity index (χ2n) is 6.33. The van der Waals surface area contributed by atoms with Gasteiger partial charge in [0.1, 0.15) is 6.04 Å². The number of carboxylic acids is 1. The van der Waals surface area contributed by atoms with Gasteiger partial charge in [0.15, 0.2) is 0 Å². The van der Waals surface area contributed by atoms with Crippen LogP contribution in [-0.2, 0) is 4.79 Å². The number of likely N-dealkylation sites (N-methyl/N-ethyl adjacent to an activating group) is 2. The molecule has 3 unspecified atom stereocenters. The van der Waals surface area contributed by atoms with Crippen molar-refractivity contribution < 1.29 is 14.7 Å². The first kappa shape index (κ1) is 16.1. The first-order valence-electron chi connectivity index (χ1n) is 7.94. The van der Waals surface area contributed by atoms with Gasteiger partial charge in [-0.3, -0.25) is 4.90 Å². The van der Waals surface area contributed by atoms with Crippen molar-refractivity contribution in [3.05, 3.63) is 0 Å². The zero-order valence-corrected chi connectivity index (χ0v) is 13.3. The van der Waals surface area contributed by atoms with Crippen LogP contribution in [0.25, 0.3) is 0 Å². The van der Waals surface area contributed by atoms with Crippen LogP contribution in [-0.4, -0.2) is 77.1 Å². The molecule has 0 aromatic carbocycles. The normalized spacial score (nSPS) is 29.9. The topological polar surface area (TPSA) is 64.1 Å². The van der Waals surface area contributed by atoms with Crippen LogP contribution in [0.2, 0.25) is 0 Å². The van der Waals surface area contributed by atoms with Crippen molar-refractivity contribution in [1.82, 2.24) is 14.7 Å². The van der Waals surface area contributed by atoms with Gasteiger partial charge in [0, 0.05) is 26.2 Å². The summed E-state index contributed by atoms with van der Waals surface area (Å²) in [6.07, 6.45) is 3.06. The average Bonchev–Trinajstić information content (AvgIpc) is 3.03. The zero-order chi connectivity index (χ0) is 15.6. The van der Waals surface area contributed by atoms with Crippen molar-refractivity contribution in [2.45, 2.75) is 45.2 Å². The van der Waals surface area contributed by atoms with Crippen LogP contribution in [0.5, 0.6) is 0 Å². The minimum atomic E-state index is -0.891. The van der Waals surface area contributed by atoms with Gasteiger partial charge in [0.2, 0.25) is 0 Å².